The quantitative estimate of drug-likeness (QED) is 0.847. The van der Waals surface area contributed by atoms with Crippen molar-refractivity contribution in [3.63, 3.8) is 0 Å². The van der Waals surface area contributed by atoms with Crippen molar-refractivity contribution in [2.24, 2.45) is 0 Å². The Labute approximate surface area is 150 Å². The molecule has 0 spiro atoms. The second-order valence-corrected chi connectivity index (χ2v) is 6.71. The van der Waals surface area contributed by atoms with Crippen molar-refractivity contribution in [3.05, 3.63) is 53.7 Å². The molecule has 5 heteroatoms. The lowest BCUT2D eigenvalue weighted by Gasteiger charge is -2.33. The monoisotopic (exact) mass is 340 g/mol. The van der Waals surface area contributed by atoms with E-state index >= 15 is 0 Å². The van der Waals surface area contributed by atoms with Crippen molar-refractivity contribution in [1.82, 2.24) is 15.2 Å². The number of nitrogens with one attached hydrogen (secondary N) is 1. The maximum Gasteiger partial charge on any atom is 0.128 e. The van der Waals surface area contributed by atoms with Gasteiger partial charge in [-0.2, -0.15) is 0 Å². The summed E-state index contributed by atoms with van der Waals surface area (Å²) in [7, 11) is 2.16. The molecule has 2 N–H and O–H groups in total. The molecule has 0 radical (unpaired) electrons. The number of nitrogens with zero attached hydrogens (tertiary/aromatic N) is 3. The minimum absolute atomic E-state index is 0.140. The molecule has 2 aromatic rings. The Morgan fingerprint density at radius 3 is 2.64 bits per heavy atom. The lowest BCUT2D eigenvalue weighted by Crippen LogP contribution is -2.44. The minimum atomic E-state index is 0.140. The van der Waals surface area contributed by atoms with Crippen molar-refractivity contribution >= 4 is 5.82 Å². The van der Waals surface area contributed by atoms with Gasteiger partial charge in [0.15, 0.2) is 0 Å². The molecule has 2 heterocycles. The zero-order chi connectivity index (χ0) is 17.6. The molecule has 0 aliphatic carbocycles. The molecule has 1 atom stereocenters. The fourth-order valence-electron chi connectivity index (χ4n) is 3.28. The van der Waals surface area contributed by atoms with E-state index in [1.54, 1.807) is 6.07 Å². The van der Waals surface area contributed by atoms with Gasteiger partial charge in [-0.25, -0.2) is 4.98 Å². The molecule has 1 aliphatic heterocycles. The number of aromatic hydroxyl groups is 1. The number of pyridine rings is 1. The van der Waals surface area contributed by atoms with Gasteiger partial charge in [0.05, 0.1) is 0 Å². The highest BCUT2D eigenvalue weighted by Crippen LogP contribution is 2.26. The first kappa shape index (κ1) is 17.7. The molecule has 3 rings (SSSR count). The number of piperazine rings is 1. The Hall–Kier alpha value is -2.11. The summed E-state index contributed by atoms with van der Waals surface area (Å²) in [6, 6.07) is 11.9. The molecule has 5 nitrogen and oxygen atoms in total. The molecule has 0 amide bonds. The molecule has 1 saturated heterocycles. The van der Waals surface area contributed by atoms with E-state index in [2.05, 4.69) is 46.2 Å². The second-order valence-electron chi connectivity index (χ2n) is 6.71. The molecule has 0 unspecified atom stereocenters. The van der Waals surface area contributed by atoms with E-state index in [4.69, 9.17) is 0 Å². The van der Waals surface area contributed by atoms with E-state index in [1.807, 2.05) is 24.4 Å². The maximum absolute atomic E-state index is 10.1. The van der Waals surface area contributed by atoms with E-state index in [9.17, 15) is 5.11 Å². The lowest BCUT2D eigenvalue weighted by atomic mass is 10.0. The first-order valence-electron chi connectivity index (χ1n) is 9.07. The standard InChI is InChI=1S/C20H28N4O/c1-3-18(17-6-4-5-7-19(17)25)22-15-16-8-9-21-20(14-16)24-12-10-23(2)11-13-24/h4-9,14,18,22,25H,3,10-13,15H2,1-2H3/t18-/m1/s1. The van der Waals surface area contributed by atoms with Crippen molar-refractivity contribution in [2.45, 2.75) is 25.9 Å². The van der Waals surface area contributed by atoms with Gasteiger partial charge in [-0.15, -0.1) is 0 Å². The third-order valence-corrected chi connectivity index (χ3v) is 4.91. The maximum atomic E-state index is 10.1. The molecule has 1 aromatic carbocycles. The van der Waals surface area contributed by atoms with Crippen LogP contribution >= 0.6 is 0 Å². The van der Waals surface area contributed by atoms with Gasteiger partial charge in [0.2, 0.25) is 0 Å². The normalized spacial score (nSPS) is 16.8. The van der Waals surface area contributed by atoms with Crippen LogP contribution in [0.3, 0.4) is 0 Å². The summed E-state index contributed by atoms with van der Waals surface area (Å²) in [5.74, 6) is 1.41. The minimum Gasteiger partial charge on any atom is -0.508 e. The smallest absolute Gasteiger partial charge is 0.128 e. The van der Waals surface area contributed by atoms with Crippen LogP contribution in [-0.2, 0) is 6.54 Å². The highest BCUT2D eigenvalue weighted by molar-refractivity contribution is 5.41. The number of aromatic nitrogens is 1. The van der Waals surface area contributed by atoms with Gasteiger partial charge in [0.25, 0.3) is 0 Å². The zero-order valence-electron chi connectivity index (χ0n) is 15.2. The van der Waals surface area contributed by atoms with E-state index < -0.39 is 0 Å². The van der Waals surface area contributed by atoms with Gasteiger partial charge in [0, 0.05) is 50.5 Å². The fourth-order valence-corrected chi connectivity index (χ4v) is 3.28. The first-order valence-corrected chi connectivity index (χ1v) is 9.07. The Bertz CT molecular complexity index is 683. The van der Waals surface area contributed by atoms with Gasteiger partial charge >= 0.3 is 0 Å². The van der Waals surface area contributed by atoms with Crippen LogP contribution in [0.5, 0.6) is 5.75 Å². The molecular formula is C20H28N4O. The highest BCUT2D eigenvalue weighted by atomic mass is 16.3. The summed E-state index contributed by atoms with van der Waals surface area (Å²) in [6.45, 7) is 7.10. The van der Waals surface area contributed by atoms with Gasteiger partial charge in [-0.1, -0.05) is 25.1 Å². The van der Waals surface area contributed by atoms with Crippen molar-refractivity contribution in [2.75, 3.05) is 38.1 Å². The molecule has 134 valence electrons. The summed E-state index contributed by atoms with van der Waals surface area (Å²) in [5, 5.41) is 13.6. The molecule has 0 saturated carbocycles. The molecule has 0 bridgehead atoms. The summed E-state index contributed by atoms with van der Waals surface area (Å²) >= 11 is 0. The predicted octanol–water partition coefficient (Wildman–Crippen LogP) is 2.78. The largest absolute Gasteiger partial charge is 0.508 e. The Morgan fingerprint density at radius 1 is 1.16 bits per heavy atom. The van der Waals surface area contributed by atoms with Crippen LogP contribution in [0.25, 0.3) is 0 Å². The number of benzene rings is 1. The van der Waals surface area contributed by atoms with Gasteiger partial charge in [-0.05, 0) is 37.2 Å². The highest BCUT2D eigenvalue weighted by Gasteiger charge is 2.16. The SMILES string of the molecule is CC[C@@H](NCc1ccnc(N2CCN(C)CC2)c1)c1ccccc1O. The number of hydrogen-bond donors (Lipinski definition) is 2. The van der Waals surface area contributed by atoms with Crippen LogP contribution in [0.1, 0.15) is 30.5 Å². The topological polar surface area (TPSA) is 51.6 Å². The molecule has 25 heavy (non-hydrogen) atoms. The van der Waals surface area contributed by atoms with Gasteiger partial charge in [0.1, 0.15) is 11.6 Å². The van der Waals surface area contributed by atoms with Crippen molar-refractivity contribution in [1.29, 1.82) is 0 Å². The number of phenols is 1. The Balaban J connectivity index is 1.65. The average Bonchev–Trinajstić information content (AvgIpc) is 2.64. The van der Waals surface area contributed by atoms with Crippen LogP contribution in [0.15, 0.2) is 42.6 Å². The first-order chi connectivity index (χ1) is 12.2. The average molecular weight is 340 g/mol. The summed E-state index contributed by atoms with van der Waals surface area (Å²) < 4.78 is 0. The van der Waals surface area contributed by atoms with E-state index in [0.29, 0.717) is 5.75 Å². The van der Waals surface area contributed by atoms with Crippen molar-refractivity contribution < 1.29 is 5.11 Å². The lowest BCUT2D eigenvalue weighted by molar-refractivity contribution is 0.312. The van der Waals surface area contributed by atoms with Gasteiger partial charge < -0.3 is 20.2 Å². The molecule has 1 fully saturated rings. The third kappa shape index (κ3) is 4.50. The molecule has 1 aromatic heterocycles. The number of hydrogen-bond acceptors (Lipinski definition) is 5. The number of likely N-dealkylation sites (N-methyl/N-ethyl adjacent to an activating group) is 1. The number of rotatable bonds is 6. The second kappa shape index (κ2) is 8.32. The molecular weight excluding hydrogens is 312 g/mol. The van der Waals surface area contributed by atoms with E-state index in [1.165, 1.54) is 5.56 Å². The van der Waals surface area contributed by atoms with Crippen molar-refractivity contribution in [3.8, 4) is 5.75 Å². The van der Waals surface area contributed by atoms with Crippen LogP contribution in [0, 0.1) is 0 Å². The number of anilines is 1. The van der Waals surface area contributed by atoms with Crippen LogP contribution < -0.4 is 10.2 Å². The zero-order valence-corrected chi connectivity index (χ0v) is 15.2. The molecule has 1 aliphatic rings. The van der Waals surface area contributed by atoms with Crippen LogP contribution in [0.2, 0.25) is 0 Å². The van der Waals surface area contributed by atoms with Gasteiger partial charge in [-0.3, -0.25) is 0 Å². The predicted molar refractivity (Wildman–Crippen MR) is 102 cm³/mol. The van der Waals surface area contributed by atoms with Crippen LogP contribution in [-0.4, -0.2) is 48.2 Å². The summed E-state index contributed by atoms with van der Waals surface area (Å²) in [6.07, 6.45) is 2.82. The number of para-hydroxylation sites is 1. The summed E-state index contributed by atoms with van der Waals surface area (Å²) in [4.78, 5) is 9.25. The third-order valence-electron chi connectivity index (χ3n) is 4.91. The van der Waals surface area contributed by atoms with E-state index in [-0.39, 0.29) is 6.04 Å². The van der Waals surface area contributed by atoms with E-state index in [0.717, 1.165) is 50.5 Å². The Morgan fingerprint density at radius 2 is 1.92 bits per heavy atom. The Kier molecular flexibility index (Phi) is 5.89. The fraction of sp³-hybridized carbons (Fsp3) is 0.450. The summed E-state index contributed by atoms with van der Waals surface area (Å²) in [5.41, 5.74) is 2.18. The van der Waals surface area contributed by atoms with Crippen LogP contribution in [0.4, 0.5) is 5.82 Å². The number of phenolic OH excluding ortho intramolecular Hbond substituents is 1.